The van der Waals surface area contributed by atoms with E-state index < -0.39 is 21.7 Å². The Morgan fingerprint density at radius 3 is 1.79 bits per heavy atom. The number of hydrogen-bond donors (Lipinski definition) is 2. The molecule has 17 nitrogen and oxygen atoms in total. The average molecular weight is 783 g/mol. The van der Waals surface area contributed by atoms with Crippen molar-refractivity contribution in [2.24, 2.45) is 0 Å². The number of carbonyl (C=O) groups is 3. The summed E-state index contributed by atoms with van der Waals surface area (Å²) in [6, 6.07) is 7.50. The summed E-state index contributed by atoms with van der Waals surface area (Å²) in [6.45, 7) is 20.9. The number of fused-ring (bicyclic) bond motifs is 1. The van der Waals surface area contributed by atoms with Gasteiger partial charge < -0.3 is 29.4 Å². The number of aromatic nitrogens is 2. The molecule has 2 N–H and O–H groups in total. The van der Waals surface area contributed by atoms with E-state index in [0.717, 1.165) is 11.8 Å². The highest BCUT2D eigenvalue weighted by Gasteiger charge is 2.26. The minimum atomic E-state index is -0.635. The van der Waals surface area contributed by atoms with Gasteiger partial charge in [-0.25, -0.2) is 4.98 Å². The number of nitrogens with zero attached hydrogens (tertiary/aromatic N) is 6. The van der Waals surface area contributed by atoms with Gasteiger partial charge in [0.05, 0.1) is 36.1 Å². The van der Waals surface area contributed by atoms with Crippen molar-refractivity contribution in [3.05, 3.63) is 52.3 Å². The summed E-state index contributed by atoms with van der Waals surface area (Å²) in [6.07, 6.45) is 3.08. The summed E-state index contributed by atoms with van der Waals surface area (Å²) in [4.78, 5) is 60.0. The van der Waals surface area contributed by atoms with Crippen LogP contribution < -0.4 is 10.6 Å². The molecule has 1 unspecified atom stereocenters. The molecule has 2 aromatic heterocycles. The molecule has 1 fully saturated rings. The second-order valence-corrected chi connectivity index (χ2v) is 17.0. The monoisotopic (exact) mass is 782 g/mol. The van der Waals surface area contributed by atoms with Crippen LogP contribution in [0.2, 0.25) is 0 Å². The molecule has 0 spiro atoms. The quantitative estimate of drug-likeness (QED) is 0.102. The van der Waals surface area contributed by atoms with Crippen LogP contribution in [0.5, 0.6) is 0 Å². The van der Waals surface area contributed by atoms with Crippen LogP contribution in [0.25, 0.3) is 11.0 Å². The van der Waals surface area contributed by atoms with E-state index in [1.54, 1.807) is 0 Å². The van der Waals surface area contributed by atoms with Crippen molar-refractivity contribution >= 4 is 46.1 Å². The zero-order valence-electron chi connectivity index (χ0n) is 34.2. The van der Waals surface area contributed by atoms with E-state index in [-0.39, 0.29) is 54.9 Å². The van der Waals surface area contributed by atoms with Gasteiger partial charge in [0.25, 0.3) is 0 Å². The Morgan fingerprint density at radius 1 is 0.786 bits per heavy atom. The van der Waals surface area contributed by atoms with Gasteiger partial charge in [0, 0.05) is 57.5 Å². The van der Waals surface area contributed by atoms with E-state index in [4.69, 9.17) is 18.7 Å². The van der Waals surface area contributed by atoms with Crippen molar-refractivity contribution in [3.8, 4) is 0 Å². The summed E-state index contributed by atoms with van der Waals surface area (Å²) in [5.41, 5.74) is -0.410. The third kappa shape index (κ3) is 15.1. The minimum absolute atomic E-state index is 0.00546. The predicted octanol–water partition coefficient (Wildman–Crippen LogP) is 4.32. The first-order chi connectivity index (χ1) is 26.1. The number of nitro groups is 1. The van der Waals surface area contributed by atoms with Crippen LogP contribution in [-0.4, -0.2) is 136 Å². The van der Waals surface area contributed by atoms with Crippen molar-refractivity contribution in [1.82, 2.24) is 30.2 Å². The normalized spacial score (nSPS) is 16.0. The van der Waals surface area contributed by atoms with Crippen LogP contribution in [0.15, 0.2) is 41.2 Å². The molecular formula is C39H58N8O9. The fourth-order valence-electron chi connectivity index (χ4n) is 6.14. The summed E-state index contributed by atoms with van der Waals surface area (Å²) in [7, 11) is 0. The number of ether oxygens (including phenoxy) is 3. The molecule has 0 bridgehead atoms. The largest absolute Gasteiger partial charge is 0.459 e. The van der Waals surface area contributed by atoms with Gasteiger partial charge in [0.15, 0.2) is 0 Å². The molecule has 3 aromatic rings. The molecule has 0 aliphatic carbocycles. The van der Waals surface area contributed by atoms with Crippen LogP contribution in [0.4, 0.5) is 17.2 Å². The second kappa shape index (κ2) is 19.0. The molecule has 1 atom stereocenters. The molecule has 1 aromatic carbocycles. The molecule has 4 rings (SSSR count). The molecule has 1 saturated heterocycles. The Bertz CT molecular complexity index is 1750. The number of benzene rings is 1. The van der Waals surface area contributed by atoms with E-state index >= 15 is 0 Å². The van der Waals surface area contributed by atoms with Gasteiger partial charge in [-0.15, -0.1) is 0 Å². The van der Waals surface area contributed by atoms with Crippen LogP contribution >= 0.6 is 0 Å². The van der Waals surface area contributed by atoms with Gasteiger partial charge in [0.2, 0.25) is 5.58 Å². The van der Waals surface area contributed by atoms with Crippen LogP contribution in [-0.2, 0) is 35.0 Å². The van der Waals surface area contributed by atoms with Gasteiger partial charge in [-0.2, -0.15) is 0 Å². The highest BCUT2D eigenvalue weighted by molar-refractivity contribution is 5.94. The Morgan fingerprint density at radius 2 is 1.29 bits per heavy atom. The molecule has 0 saturated carbocycles. The second-order valence-electron chi connectivity index (χ2n) is 17.0. The van der Waals surface area contributed by atoms with Crippen molar-refractivity contribution in [2.75, 3.05) is 70.8 Å². The number of carbonyl (C=O) groups excluding carboxylic acids is 3. The molecule has 3 heterocycles. The zero-order chi connectivity index (χ0) is 41.3. The maximum atomic E-state index is 12.9. The predicted molar refractivity (Wildman–Crippen MR) is 211 cm³/mol. The van der Waals surface area contributed by atoms with Gasteiger partial charge in [-0.05, 0) is 86.4 Å². The maximum Gasteiger partial charge on any atom is 0.333 e. The molecule has 0 amide bonds. The third-order valence-corrected chi connectivity index (χ3v) is 8.45. The van der Waals surface area contributed by atoms with Crippen molar-refractivity contribution in [1.29, 1.82) is 0 Å². The first kappa shape index (κ1) is 44.0. The maximum absolute atomic E-state index is 12.9. The number of hydrogen-bond acceptors (Lipinski definition) is 16. The highest BCUT2D eigenvalue weighted by Crippen LogP contribution is 2.31. The molecule has 0 radical (unpaired) electrons. The van der Waals surface area contributed by atoms with Crippen molar-refractivity contribution in [2.45, 2.75) is 91.6 Å². The lowest BCUT2D eigenvalue weighted by molar-refractivity contribution is -0.384. The van der Waals surface area contributed by atoms with Gasteiger partial charge >= 0.3 is 23.6 Å². The molecule has 56 heavy (non-hydrogen) atoms. The number of anilines is 2. The number of rotatable bonds is 14. The lowest BCUT2D eigenvalue weighted by atomic mass is 10.0. The van der Waals surface area contributed by atoms with Crippen molar-refractivity contribution in [3.63, 3.8) is 0 Å². The zero-order valence-corrected chi connectivity index (χ0v) is 34.2. The van der Waals surface area contributed by atoms with E-state index in [2.05, 4.69) is 35.5 Å². The van der Waals surface area contributed by atoms with Crippen LogP contribution in [0, 0.1) is 10.1 Å². The lowest BCUT2D eigenvalue weighted by Gasteiger charge is -2.30. The topological polar surface area (TPSA) is 195 Å². The Labute approximate surface area is 328 Å². The van der Waals surface area contributed by atoms with E-state index in [1.165, 1.54) is 6.20 Å². The number of esters is 3. The van der Waals surface area contributed by atoms with E-state index in [0.29, 0.717) is 69.1 Å². The molecule has 308 valence electrons. The lowest BCUT2D eigenvalue weighted by Crippen LogP contribution is -2.48. The first-order valence-electron chi connectivity index (χ1n) is 18.9. The number of nitrogens with one attached hydrogen (secondary N) is 2. The Balaban J connectivity index is 1.52. The van der Waals surface area contributed by atoms with Gasteiger partial charge in [0.1, 0.15) is 28.8 Å². The third-order valence-electron chi connectivity index (χ3n) is 8.45. The van der Waals surface area contributed by atoms with Crippen molar-refractivity contribution < 1.29 is 38.0 Å². The smallest absolute Gasteiger partial charge is 0.333 e. The summed E-state index contributed by atoms with van der Waals surface area (Å²) >= 11 is 0. The Hall–Kier alpha value is -4.71. The van der Waals surface area contributed by atoms with Crippen LogP contribution in [0.1, 0.15) is 67.9 Å². The standard InChI is InChI=1S/C39H58N8O9/c1-37(2,3)53-32(48)23-40-29(20-27-10-12-28(13-11-27)43-36-30-21-42-56-35(30)31(22-41-36)47(51)52)24-44-14-16-45(25-33(49)54-38(4,5)6)18-19-46(17-15-44)26-34(50)55-39(7,8)9/h10-13,21-22,29,40H,14-20,23-26H2,1-9H3,(H,41,43). The SMILES string of the molecule is CC(C)(C)OC(=O)CNC(Cc1ccc(Nc2ncc([N+](=O)[O-])c3oncc23)cc1)CN1CCN(CC(=O)OC(C)(C)C)CCN(CC(=O)OC(C)(C)C)CC1. The first-order valence-corrected chi connectivity index (χ1v) is 18.9. The molecule has 1 aliphatic heterocycles. The minimum Gasteiger partial charge on any atom is -0.459 e. The van der Waals surface area contributed by atoms with E-state index in [9.17, 15) is 24.5 Å². The fraction of sp³-hybridized carbons (Fsp3) is 0.615. The van der Waals surface area contributed by atoms with Gasteiger partial charge in [-0.3, -0.25) is 39.2 Å². The van der Waals surface area contributed by atoms with E-state index in [1.807, 2.05) is 86.6 Å². The average Bonchev–Trinajstić information content (AvgIpc) is 3.57. The molecule has 17 heteroatoms. The summed E-state index contributed by atoms with van der Waals surface area (Å²) in [5.74, 6) is -0.626. The van der Waals surface area contributed by atoms with Gasteiger partial charge in [-0.1, -0.05) is 17.3 Å². The highest BCUT2D eigenvalue weighted by atomic mass is 16.6. The number of pyridine rings is 1. The fourth-order valence-corrected chi connectivity index (χ4v) is 6.14. The van der Waals surface area contributed by atoms with Crippen LogP contribution in [0.3, 0.4) is 0 Å². The summed E-state index contributed by atoms with van der Waals surface area (Å²) < 4.78 is 22.0. The molecule has 1 aliphatic rings. The molecular weight excluding hydrogens is 724 g/mol. The summed E-state index contributed by atoms with van der Waals surface area (Å²) in [5, 5.41) is 22.1. The Kier molecular flexibility index (Phi) is 14.9.